The Hall–Kier alpha value is -3.33. The summed E-state index contributed by atoms with van der Waals surface area (Å²) >= 11 is 1.05. The van der Waals surface area contributed by atoms with E-state index in [-0.39, 0.29) is 22.9 Å². The van der Waals surface area contributed by atoms with E-state index in [1.807, 2.05) is 6.07 Å². The number of halogens is 2. The quantitative estimate of drug-likeness (QED) is 0.618. The Kier molecular flexibility index (Phi) is 5.72. The van der Waals surface area contributed by atoms with Gasteiger partial charge in [-0.3, -0.25) is 10.1 Å². The van der Waals surface area contributed by atoms with Gasteiger partial charge in [0.15, 0.2) is 5.13 Å². The topological polar surface area (TPSA) is 83.1 Å². The van der Waals surface area contributed by atoms with Gasteiger partial charge in [-0.15, -0.1) is 11.3 Å². The molecule has 0 saturated heterocycles. The Bertz CT molecular complexity index is 943. The number of hydrogen-bond acceptors (Lipinski definition) is 4. The van der Waals surface area contributed by atoms with Crippen LogP contribution in [0.1, 0.15) is 16.1 Å². The maximum Gasteiger partial charge on any atom is 0.325 e. The molecule has 0 aliphatic rings. The Labute approximate surface area is 157 Å². The molecule has 3 aromatic rings. The van der Waals surface area contributed by atoms with Crippen molar-refractivity contribution >= 4 is 34.1 Å². The van der Waals surface area contributed by atoms with Crippen LogP contribution in [0.25, 0.3) is 0 Å². The highest BCUT2D eigenvalue weighted by Crippen LogP contribution is 2.17. The number of aromatic nitrogens is 1. The maximum atomic E-state index is 13.6. The van der Waals surface area contributed by atoms with E-state index in [2.05, 4.69) is 20.9 Å². The first-order valence-electron chi connectivity index (χ1n) is 7.82. The summed E-state index contributed by atoms with van der Waals surface area (Å²) in [4.78, 5) is 28.0. The van der Waals surface area contributed by atoms with Gasteiger partial charge >= 0.3 is 6.03 Å². The first kappa shape index (κ1) is 18.5. The van der Waals surface area contributed by atoms with E-state index in [0.717, 1.165) is 23.5 Å². The van der Waals surface area contributed by atoms with E-state index >= 15 is 0 Å². The molecule has 6 nitrogen and oxygen atoms in total. The van der Waals surface area contributed by atoms with Crippen molar-refractivity contribution in [2.24, 2.45) is 0 Å². The minimum atomic E-state index is -0.742. The number of nitrogens with zero attached hydrogens (tertiary/aromatic N) is 1. The minimum Gasteiger partial charge on any atom is -0.346 e. The minimum absolute atomic E-state index is 0.0340. The lowest BCUT2D eigenvalue weighted by molar-refractivity contribution is 0.0946. The SMILES string of the molecule is O=C(Nc1ccccc1)Nc1nc(C(=O)NCc2c(F)cccc2F)cs1. The van der Waals surface area contributed by atoms with Crippen molar-refractivity contribution in [3.8, 4) is 0 Å². The summed E-state index contributed by atoms with van der Waals surface area (Å²) < 4.78 is 27.1. The molecule has 9 heteroatoms. The van der Waals surface area contributed by atoms with Crippen LogP contribution in [0.4, 0.5) is 24.4 Å². The molecule has 0 radical (unpaired) electrons. The molecule has 1 heterocycles. The van der Waals surface area contributed by atoms with Gasteiger partial charge in [0.2, 0.25) is 0 Å². The van der Waals surface area contributed by atoms with E-state index < -0.39 is 23.6 Å². The monoisotopic (exact) mass is 388 g/mol. The van der Waals surface area contributed by atoms with Crippen LogP contribution >= 0.6 is 11.3 Å². The molecule has 0 spiro atoms. The van der Waals surface area contributed by atoms with Crippen LogP contribution in [0.5, 0.6) is 0 Å². The predicted molar refractivity (Wildman–Crippen MR) is 98.7 cm³/mol. The highest BCUT2D eigenvalue weighted by molar-refractivity contribution is 7.14. The molecule has 1 aromatic heterocycles. The fourth-order valence-electron chi connectivity index (χ4n) is 2.18. The van der Waals surface area contributed by atoms with Gasteiger partial charge in [-0.05, 0) is 24.3 Å². The summed E-state index contributed by atoms with van der Waals surface area (Å²) in [6.07, 6.45) is 0. The molecule has 27 heavy (non-hydrogen) atoms. The third-order valence-corrected chi connectivity index (χ3v) is 4.23. The second-order valence-electron chi connectivity index (χ2n) is 5.37. The number of rotatable bonds is 5. The highest BCUT2D eigenvalue weighted by Gasteiger charge is 2.14. The van der Waals surface area contributed by atoms with Crippen molar-refractivity contribution in [1.82, 2.24) is 10.3 Å². The molecular weight excluding hydrogens is 374 g/mol. The molecule has 0 unspecified atom stereocenters. The largest absolute Gasteiger partial charge is 0.346 e. The third-order valence-electron chi connectivity index (χ3n) is 3.48. The van der Waals surface area contributed by atoms with Gasteiger partial charge in [0.25, 0.3) is 5.91 Å². The number of hydrogen-bond donors (Lipinski definition) is 3. The second-order valence-corrected chi connectivity index (χ2v) is 6.22. The molecule has 0 atom stereocenters. The summed E-state index contributed by atoms with van der Waals surface area (Å²) in [7, 11) is 0. The first-order chi connectivity index (χ1) is 13.0. The molecule has 3 rings (SSSR count). The number of carbonyl (C=O) groups excluding carboxylic acids is 2. The number of carbonyl (C=O) groups is 2. The number of benzene rings is 2. The van der Waals surface area contributed by atoms with Crippen LogP contribution in [-0.2, 0) is 6.54 Å². The standard InChI is InChI=1S/C18H14F2N4O2S/c19-13-7-4-8-14(20)12(13)9-21-16(25)15-10-27-18(23-15)24-17(26)22-11-5-2-1-3-6-11/h1-8,10H,9H2,(H,21,25)(H2,22,23,24,26). The molecule has 0 fully saturated rings. The molecule has 0 saturated carbocycles. The fraction of sp³-hybridized carbons (Fsp3) is 0.0556. The molecule has 2 aromatic carbocycles. The van der Waals surface area contributed by atoms with Gasteiger partial charge in [0.05, 0.1) is 0 Å². The summed E-state index contributed by atoms with van der Waals surface area (Å²) in [6, 6.07) is 11.8. The number of urea groups is 1. The van der Waals surface area contributed by atoms with E-state index in [0.29, 0.717) is 5.69 Å². The van der Waals surface area contributed by atoms with Crippen molar-refractivity contribution in [2.45, 2.75) is 6.54 Å². The van der Waals surface area contributed by atoms with Crippen LogP contribution in [0.2, 0.25) is 0 Å². The lowest BCUT2D eigenvalue weighted by Gasteiger charge is -2.06. The third kappa shape index (κ3) is 4.85. The van der Waals surface area contributed by atoms with Crippen molar-refractivity contribution in [3.05, 3.63) is 76.8 Å². The van der Waals surface area contributed by atoms with E-state index in [1.54, 1.807) is 24.3 Å². The predicted octanol–water partition coefficient (Wildman–Crippen LogP) is 4.00. The molecule has 138 valence electrons. The van der Waals surface area contributed by atoms with E-state index in [9.17, 15) is 18.4 Å². The summed E-state index contributed by atoms with van der Waals surface area (Å²) in [6.45, 7) is -0.313. The number of anilines is 2. The molecular formula is C18H14F2N4O2S. The number of nitrogens with one attached hydrogen (secondary N) is 3. The van der Waals surface area contributed by atoms with Gasteiger partial charge in [-0.2, -0.15) is 0 Å². The number of para-hydroxylation sites is 1. The van der Waals surface area contributed by atoms with Crippen molar-refractivity contribution < 1.29 is 18.4 Å². The Balaban J connectivity index is 1.56. The van der Waals surface area contributed by atoms with Crippen LogP contribution in [-0.4, -0.2) is 16.9 Å². The van der Waals surface area contributed by atoms with E-state index in [4.69, 9.17) is 0 Å². The average molecular weight is 388 g/mol. The van der Waals surface area contributed by atoms with E-state index in [1.165, 1.54) is 11.4 Å². The first-order valence-corrected chi connectivity index (χ1v) is 8.70. The molecule has 3 amide bonds. The summed E-state index contributed by atoms with van der Waals surface area (Å²) in [5, 5.41) is 9.19. The van der Waals surface area contributed by atoms with Crippen LogP contribution in [0.15, 0.2) is 53.9 Å². The van der Waals surface area contributed by atoms with Gasteiger partial charge in [-0.25, -0.2) is 18.6 Å². The molecule has 3 N–H and O–H groups in total. The van der Waals surface area contributed by atoms with Crippen LogP contribution in [0, 0.1) is 11.6 Å². The van der Waals surface area contributed by atoms with Crippen molar-refractivity contribution in [1.29, 1.82) is 0 Å². The van der Waals surface area contributed by atoms with Gasteiger partial charge in [0, 0.05) is 23.2 Å². The summed E-state index contributed by atoms with van der Waals surface area (Å²) in [5.41, 5.74) is 0.407. The van der Waals surface area contributed by atoms with Gasteiger partial charge in [0.1, 0.15) is 17.3 Å². The number of amides is 3. The lowest BCUT2D eigenvalue weighted by atomic mass is 10.2. The maximum absolute atomic E-state index is 13.6. The Morgan fingerprint density at radius 1 is 0.963 bits per heavy atom. The lowest BCUT2D eigenvalue weighted by Crippen LogP contribution is -2.24. The second kappa shape index (κ2) is 8.37. The molecule has 0 aliphatic heterocycles. The Morgan fingerprint density at radius 2 is 1.67 bits per heavy atom. The van der Waals surface area contributed by atoms with Crippen molar-refractivity contribution in [3.63, 3.8) is 0 Å². The van der Waals surface area contributed by atoms with Crippen LogP contribution in [0.3, 0.4) is 0 Å². The van der Waals surface area contributed by atoms with Crippen LogP contribution < -0.4 is 16.0 Å². The van der Waals surface area contributed by atoms with Gasteiger partial charge in [-0.1, -0.05) is 24.3 Å². The molecule has 0 bridgehead atoms. The number of thiazole rings is 1. The highest BCUT2D eigenvalue weighted by atomic mass is 32.1. The zero-order valence-corrected chi connectivity index (χ0v) is 14.6. The average Bonchev–Trinajstić information content (AvgIpc) is 3.10. The zero-order valence-electron chi connectivity index (χ0n) is 13.8. The van der Waals surface area contributed by atoms with Gasteiger partial charge < -0.3 is 10.6 Å². The summed E-state index contributed by atoms with van der Waals surface area (Å²) in [5.74, 6) is -2.09. The van der Waals surface area contributed by atoms with Crippen molar-refractivity contribution in [2.75, 3.05) is 10.6 Å². The normalized spacial score (nSPS) is 10.3. The molecule has 0 aliphatic carbocycles. The smallest absolute Gasteiger partial charge is 0.325 e. The Morgan fingerprint density at radius 3 is 2.37 bits per heavy atom. The fourth-order valence-corrected chi connectivity index (χ4v) is 2.86. The zero-order chi connectivity index (χ0) is 19.2.